The Bertz CT molecular complexity index is 487. The van der Waals surface area contributed by atoms with Crippen LogP contribution in [-0.4, -0.2) is 11.6 Å². The largest absolute Gasteiger partial charge is 0.294 e. The zero-order valence-electron chi connectivity index (χ0n) is 8.19. The zero-order valence-corrected chi connectivity index (χ0v) is 8.19. The minimum atomic E-state index is -0.0103. The SMILES string of the molecule is O=C1CC(=O)C2=C1C=C1C=CC=CC1C2. The van der Waals surface area contributed by atoms with Crippen LogP contribution in [0.15, 0.2) is 47.1 Å². The maximum atomic E-state index is 11.5. The second kappa shape index (κ2) is 2.89. The third-order valence-corrected chi connectivity index (χ3v) is 3.19. The van der Waals surface area contributed by atoms with Crippen molar-refractivity contribution in [1.29, 1.82) is 0 Å². The third kappa shape index (κ3) is 1.18. The zero-order chi connectivity index (χ0) is 10.4. The molecule has 0 saturated heterocycles. The molecule has 15 heavy (non-hydrogen) atoms. The first-order valence-electron chi connectivity index (χ1n) is 5.12. The monoisotopic (exact) mass is 198 g/mol. The van der Waals surface area contributed by atoms with Gasteiger partial charge in [0.2, 0.25) is 0 Å². The van der Waals surface area contributed by atoms with Gasteiger partial charge in [-0.15, -0.1) is 0 Å². The van der Waals surface area contributed by atoms with Gasteiger partial charge in [-0.3, -0.25) is 9.59 Å². The molecule has 0 fully saturated rings. The lowest BCUT2D eigenvalue weighted by atomic mass is 9.82. The number of allylic oxidation sites excluding steroid dienone is 8. The summed E-state index contributed by atoms with van der Waals surface area (Å²) in [6.07, 6.45) is 10.7. The van der Waals surface area contributed by atoms with E-state index in [1.807, 2.05) is 24.3 Å². The highest BCUT2D eigenvalue weighted by Crippen LogP contribution is 2.37. The number of fused-ring (bicyclic) bond motifs is 1. The van der Waals surface area contributed by atoms with E-state index in [1.54, 1.807) is 0 Å². The van der Waals surface area contributed by atoms with Gasteiger partial charge in [0.1, 0.15) is 0 Å². The second-order valence-electron chi connectivity index (χ2n) is 4.11. The molecule has 1 atom stereocenters. The summed E-state index contributed by atoms with van der Waals surface area (Å²) in [6.45, 7) is 0. The van der Waals surface area contributed by atoms with Crippen molar-refractivity contribution in [2.75, 3.05) is 0 Å². The molecule has 0 aromatic carbocycles. The Hall–Kier alpha value is -1.70. The Kier molecular flexibility index (Phi) is 1.66. The summed E-state index contributed by atoms with van der Waals surface area (Å²) in [5.74, 6) is 0.306. The predicted octanol–water partition coefficient (Wildman–Crippen LogP) is 1.90. The molecule has 0 aliphatic heterocycles. The van der Waals surface area contributed by atoms with E-state index in [4.69, 9.17) is 0 Å². The Balaban J connectivity index is 2.10. The Morgan fingerprint density at radius 2 is 2.00 bits per heavy atom. The maximum absolute atomic E-state index is 11.5. The smallest absolute Gasteiger partial charge is 0.171 e. The van der Waals surface area contributed by atoms with Gasteiger partial charge >= 0.3 is 0 Å². The van der Waals surface area contributed by atoms with Crippen molar-refractivity contribution in [3.8, 4) is 0 Å². The lowest BCUT2D eigenvalue weighted by Crippen LogP contribution is -2.11. The number of ketones is 2. The molecule has 3 rings (SSSR count). The molecular formula is C13H10O2. The van der Waals surface area contributed by atoms with Gasteiger partial charge in [0.15, 0.2) is 11.6 Å². The van der Waals surface area contributed by atoms with Gasteiger partial charge in [0, 0.05) is 17.1 Å². The summed E-state index contributed by atoms with van der Waals surface area (Å²) in [5, 5.41) is 0. The highest BCUT2D eigenvalue weighted by atomic mass is 16.2. The van der Waals surface area contributed by atoms with Crippen molar-refractivity contribution < 1.29 is 9.59 Å². The van der Waals surface area contributed by atoms with Crippen LogP contribution in [0.3, 0.4) is 0 Å². The van der Waals surface area contributed by atoms with Crippen LogP contribution in [0.1, 0.15) is 12.8 Å². The number of carbonyl (C=O) groups excluding carboxylic acids is 2. The molecule has 3 aliphatic rings. The van der Waals surface area contributed by atoms with Crippen LogP contribution in [0.5, 0.6) is 0 Å². The molecule has 3 aliphatic carbocycles. The minimum Gasteiger partial charge on any atom is -0.294 e. The lowest BCUT2D eigenvalue weighted by molar-refractivity contribution is -0.120. The lowest BCUT2D eigenvalue weighted by Gasteiger charge is -2.21. The van der Waals surface area contributed by atoms with Crippen LogP contribution < -0.4 is 0 Å². The number of hydrogen-bond acceptors (Lipinski definition) is 2. The van der Waals surface area contributed by atoms with Crippen molar-refractivity contribution >= 4 is 11.6 Å². The Labute approximate surface area is 87.7 Å². The maximum Gasteiger partial charge on any atom is 0.171 e. The number of hydrogen-bond donors (Lipinski definition) is 0. The number of rotatable bonds is 0. The summed E-state index contributed by atoms with van der Waals surface area (Å²) >= 11 is 0. The van der Waals surface area contributed by atoms with Crippen LogP contribution in [0.25, 0.3) is 0 Å². The Morgan fingerprint density at radius 3 is 2.87 bits per heavy atom. The molecule has 0 aromatic heterocycles. The van der Waals surface area contributed by atoms with Crippen LogP contribution in [0.2, 0.25) is 0 Å². The normalized spacial score (nSPS) is 28.0. The van der Waals surface area contributed by atoms with Crippen LogP contribution in [-0.2, 0) is 9.59 Å². The molecule has 0 bridgehead atoms. The van der Waals surface area contributed by atoms with E-state index < -0.39 is 0 Å². The standard InChI is InChI=1S/C13H10O2/c14-12-7-13(15)11-6-9-4-2-1-3-8(9)5-10(11)12/h1-5,9H,6-7H2. The molecule has 2 heteroatoms. The van der Waals surface area contributed by atoms with E-state index in [9.17, 15) is 9.59 Å². The van der Waals surface area contributed by atoms with Gasteiger partial charge in [-0.1, -0.05) is 24.3 Å². The fourth-order valence-corrected chi connectivity index (χ4v) is 2.38. The van der Waals surface area contributed by atoms with Gasteiger partial charge in [0.05, 0.1) is 6.42 Å². The fraction of sp³-hybridized carbons (Fsp3) is 0.231. The highest BCUT2D eigenvalue weighted by Gasteiger charge is 2.34. The summed E-state index contributed by atoms with van der Waals surface area (Å²) in [4.78, 5) is 23.1. The van der Waals surface area contributed by atoms with Gasteiger partial charge < -0.3 is 0 Å². The van der Waals surface area contributed by atoms with Crippen LogP contribution >= 0.6 is 0 Å². The van der Waals surface area contributed by atoms with E-state index in [1.165, 1.54) is 0 Å². The average molecular weight is 198 g/mol. The fourth-order valence-electron chi connectivity index (χ4n) is 2.38. The van der Waals surface area contributed by atoms with Gasteiger partial charge in [-0.25, -0.2) is 0 Å². The summed E-state index contributed by atoms with van der Waals surface area (Å²) < 4.78 is 0. The second-order valence-corrected chi connectivity index (χ2v) is 4.11. The topological polar surface area (TPSA) is 34.1 Å². The van der Waals surface area contributed by atoms with E-state index in [-0.39, 0.29) is 18.0 Å². The van der Waals surface area contributed by atoms with E-state index >= 15 is 0 Å². The predicted molar refractivity (Wildman–Crippen MR) is 56.1 cm³/mol. The molecule has 74 valence electrons. The summed E-state index contributed by atoms with van der Waals surface area (Å²) in [6, 6.07) is 0. The molecule has 1 unspecified atom stereocenters. The first-order valence-corrected chi connectivity index (χ1v) is 5.12. The van der Waals surface area contributed by atoms with Gasteiger partial charge in [-0.2, -0.15) is 0 Å². The van der Waals surface area contributed by atoms with Crippen LogP contribution in [0.4, 0.5) is 0 Å². The van der Waals surface area contributed by atoms with Crippen LogP contribution in [0, 0.1) is 5.92 Å². The summed E-state index contributed by atoms with van der Waals surface area (Å²) in [5.41, 5.74) is 2.55. The van der Waals surface area contributed by atoms with E-state index in [0.29, 0.717) is 17.9 Å². The first kappa shape index (κ1) is 8.60. The number of Topliss-reactive ketones (excluding diaryl/α,β-unsaturated/α-hetero) is 2. The number of carbonyl (C=O) groups is 2. The summed E-state index contributed by atoms with van der Waals surface area (Å²) in [7, 11) is 0. The van der Waals surface area contributed by atoms with Crippen molar-refractivity contribution in [2.45, 2.75) is 12.8 Å². The van der Waals surface area contributed by atoms with E-state index in [2.05, 4.69) is 6.08 Å². The molecule has 0 heterocycles. The molecular weight excluding hydrogens is 188 g/mol. The molecule has 0 spiro atoms. The van der Waals surface area contributed by atoms with Gasteiger partial charge in [-0.05, 0) is 18.1 Å². The molecule has 0 radical (unpaired) electrons. The molecule has 0 N–H and O–H groups in total. The Morgan fingerprint density at radius 1 is 1.13 bits per heavy atom. The average Bonchev–Trinajstić information content (AvgIpc) is 2.52. The molecule has 0 saturated carbocycles. The van der Waals surface area contributed by atoms with Crippen molar-refractivity contribution in [3.05, 3.63) is 47.1 Å². The third-order valence-electron chi connectivity index (χ3n) is 3.19. The quantitative estimate of drug-likeness (QED) is 0.557. The van der Waals surface area contributed by atoms with Crippen molar-refractivity contribution in [2.24, 2.45) is 5.92 Å². The first-order chi connectivity index (χ1) is 7.25. The van der Waals surface area contributed by atoms with Crippen molar-refractivity contribution in [3.63, 3.8) is 0 Å². The molecule has 0 amide bonds. The highest BCUT2D eigenvalue weighted by molar-refractivity contribution is 6.24. The molecule has 2 nitrogen and oxygen atoms in total. The molecule has 0 aromatic rings. The minimum absolute atomic E-state index is 0.0103. The van der Waals surface area contributed by atoms with E-state index in [0.717, 1.165) is 11.1 Å². The van der Waals surface area contributed by atoms with Gasteiger partial charge in [0.25, 0.3) is 0 Å². The van der Waals surface area contributed by atoms with Crippen molar-refractivity contribution in [1.82, 2.24) is 0 Å².